The maximum absolute atomic E-state index is 12.7. The Morgan fingerprint density at radius 2 is 1.71 bits per heavy atom. The number of alkyl halides is 3. The third-order valence-corrected chi connectivity index (χ3v) is 3.05. The first-order chi connectivity index (χ1) is 9.47. The van der Waals surface area contributed by atoms with E-state index in [2.05, 4.69) is 0 Å². The van der Waals surface area contributed by atoms with Crippen LogP contribution in [0.15, 0.2) is 42.5 Å². The highest BCUT2D eigenvalue weighted by Crippen LogP contribution is 2.36. The summed E-state index contributed by atoms with van der Waals surface area (Å²) in [5.74, 6) is 0.599. The number of hydrogen-bond acceptors (Lipinski definition) is 2. The summed E-state index contributed by atoms with van der Waals surface area (Å²) >= 11 is 0. The van der Waals surface area contributed by atoms with Crippen molar-refractivity contribution in [1.29, 1.82) is 0 Å². The molecule has 0 spiro atoms. The molecule has 2 nitrogen and oxygen atoms in total. The predicted octanol–water partition coefficient (Wildman–Crippen LogP) is 4.26. The van der Waals surface area contributed by atoms with Crippen molar-refractivity contribution in [3.8, 4) is 16.9 Å². The fraction of sp³-hybridized carbons (Fsp3) is 0.200. The Labute approximate surface area is 127 Å². The summed E-state index contributed by atoms with van der Waals surface area (Å²) in [7, 11) is 1.52. The second-order valence-electron chi connectivity index (χ2n) is 4.27. The van der Waals surface area contributed by atoms with Crippen molar-refractivity contribution in [2.24, 2.45) is 5.73 Å². The number of benzene rings is 2. The number of hydrogen-bond donors (Lipinski definition) is 1. The average Bonchev–Trinajstić information content (AvgIpc) is 2.45. The fourth-order valence-corrected chi connectivity index (χ4v) is 2.07. The third kappa shape index (κ3) is 3.68. The van der Waals surface area contributed by atoms with Crippen LogP contribution >= 0.6 is 12.4 Å². The zero-order chi connectivity index (χ0) is 14.8. The highest BCUT2D eigenvalue weighted by molar-refractivity contribution is 5.85. The van der Waals surface area contributed by atoms with Gasteiger partial charge in [0.05, 0.1) is 12.7 Å². The van der Waals surface area contributed by atoms with Gasteiger partial charge in [-0.1, -0.05) is 24.3 Å². The number of rotatable bonds is 3. The molecule has 2 aromatic carbocycles. The number of halogens is 4. The summed E-state index contributed by atoms with van der Waals surface area (Å²) in [6.45, 7) is 0.0251. The van der Waals surface area contributed by atoms with Crippen LogP contribution in [0, 0.1) is 0 Å². The van der Waals surface area contributed by atoms with Gasteiger partial charge in [0, 0.05) is 12.1 Å². The van der Waals surface area contributed by atoms with Crippen LogP contribution in [0.25, 0.3) is 11.1 Å². The molecular weight excluding hydrogens is 303 g/mol. The maximum Gasteiger partial charge on any atom is 0.416 e. The number of nitrogens with two attached hydrogens (primary N) is 1. The van der Waals surface area contributed by atoms with Crippen LogP contribution in [0.5, 0.6) is 5.75 Å². The molecule has 2 rings (SSSR count). The predicted molar refractivity (Wildman–Crippen MR) is 78.6 cm³/mol. The molecule has 0 unspecified atom stereocenters. The van der Waals surface area contributed by atoms with E-state index in [1.807, 2.05) is 0 Å². The van der Waals surface area contributed by atoms with Crippen LogP contribution in [0.2, 0.25) is 0 Å². The van der Waals surface area contributed by atoms with E-state index in [0.717, 1.165) is 17.7 Å². The molecule has 0 bridgehead atoms. The van der Waals surface area contributed by atoms with Crippen molar-refractivity contribution in [3.63, 3.8) is 0 Å². The minimum absolute atomic E-state index is 0. The van der Waals surface area contributed by atoms with Crippen molar-refractivity contribution >= 4 is 12.4 Å². The van der Waals surface area contributed by atoms with Crippen molar-refractivity contribution in [2.75, 3.05) is 7.11 Å². The second-order valence-corrected chi connectivity index (χ2v) is 4.27. The van der Waals surface area contributed by atoms with Gasteiger partial charge in [0.25, 0.3) is 0 Å². The molecule has 0 saturated carbocycles. The van der Waals surface area contributed by atoms with Crippen LogP contribution in [0.4, 0.5) is 13.2 Å². The summed E-state index contributed by atoms with van der Waals surface area (Å²) in [4.78, 5) is 0. The molecule has 0 heterocycles. The third-order valence-electron chi connectivity index (χ3n) is 3.05. The van der Waals surface area contributed by atoms with Crippen LogP contribution in [-0.2, 0) is 12.7 Å². The number of methoxy groups -OCH3 is 1. The van der Waals surface area contributed by atoms with Gasteiger partial charge in [-0.25, -0.2) is 0 Å². The SMILES string of the molecule is COc1ccccc1-c1ccc(C(F)(F)F)cc1CN.Cl. The van der Waals surface area contributed by atoms with E-state index < -0.39 is 11.7 Å². The molecular formula is C15H15ClF3NO. The molecule has 0 amide bonds. The average molecular weight is 318 g/mol. The van der Waals surface area contributed by atoms with E-state index in [1.165, 1.54) is 13.2 Å². The van der Waals surface area contributed by atoms with Gasteiger partial charge in [-0.15, -0.1) is 12.4 Å². The minimum atomic E-state index is -4.37. The van der Waals surface area contributed by atoms with Crippen molar-refractivity contribution < 1.29 is 17.9 Å². The maximum atomic E-state index is 12.7. The lowest BCUT2D eigenvalue weighted by Crippen LogP contribution is -2.08. The summed E-state index contributed by atoms with van der Waals surface area (Å²) in [5.41, 5.74) is 6.70. The Bertz CT molecular complexity index is 614. The zero-order valence-electron chi connectivity index (χ0n) is 11.3. The second kappa shape index (κ2) is 6.83. The highest BCUT2D eigenvalue weighted by Gasteiger charge is 2.31. The Balaban J connectivity index is 0.00000220. The summed E-state index contributed by atoms with van der Waals surface area (Å²) in [6.07, 6.45) is -4.37. The van der Waals surface area contributed by atoms with E-state index in [9.17, 15) is 13.2 Å². The fourth-order valence-electron chi connectivity index (χ4n) is 2.07. The molecule has 0 aromatic heterocycles. The van der Waals surface area contributed by atoms with Crippen molar-refractivity contribution in [1.82, 2.24) is 0 Å². The highest BCUT2D eigenvalue weighted by atomic mass is 35.5. The van der Waals surface area contributed by atoms with Gasteiger partial charge in [0.2, 0.25) is 0 Å². The molecule has 0 radical (unpaired) electrons. The normalized spacial score (nSPS) is 10.9. The molecule has 0 saturated heterocycles. The van der Waals surface area contributed by atoms with E-state index in [-0.39, 0.29) is 19.0 Å². The monoisotopic (exact) mass is 317 g/mol. The van der Waals surface area contributed by atoms with Crippen LogP contribution in [0.1, 0.15) is 11.1 Å². The van der Waals surface area contributed by atoms with Gasteiger partial charge in [-0.3, -0.25) is 0 Å². The van der Waals surface area contributed by atoms with Gasteiger partial charge in [-0.2, -0.15) is 13.2 Å². The number of para-hydroxylation sites is 1. The molecule has 0 aliphatic heterocycles. The molecule has 6 heteroatoms. The lowest BCUT2D eigenvalue weighted by Gasteiger charge is -2.14. The van der Waals surface area contributed by atoms with Gasteiger partial charge in [0.15, 0.2) is 0 Å². The smallest absolute Gasteiger partial charge is 0.416 e. The van der Waals surface area contributed by atoms with E-state index in [1.54, 1.807) is 24.3 Å². The van der Waals surface area contributed by atoms with Gasteiger partial charge >= 0.3 is 6.18 Å². The van der Waals surface area contributed by atoms with E-state index in [0.29, 0.717) is 16.9 Å². The minimum Gasteiger partial charge on any atom is -0.496 e. The van der Waals surface area contributed by atoms with E-state index >= 15 is 0 Å². The van der Waals surface area contributed by atoms with Gasteiger partial charge in [0.1, 0.15) is 5.75 Å². The Hall–Kier alpha value is -1.72. The molecule has 21 heavy (non-hydrogen) atoms. The summed E-state index contributed by atoms with van der Waals surface area (Å²) in [5, 5.41) is 0. The topological polar surface area (TPSA) is 35.2 Å². The van der Waals surface area contributed by atoms with E-state index in [4.69, 9.17) is 10.5 Å². The molecule has 2 aromatic rings. The quantitative estimate of drug-likeness (QED) is 0.918. The standard InChI is InChI=1S/C15H14F3NO.ClH/c1-20-14-5-3-2-4-13(14)12-7-6-11(15(16,17)18)8-10(12)9-19;/h2-8H,9,19H2,1H3;1H. The molecule has 2 N–H and O–H groups in total. The summed E-state index contributed by atoms with van der Waals surface area (Å²) in [6, 6.07) is 10.7. The Morgan fingerprint density at radius 1 is 1.05 bits per heavy atom. The Kier molecular flexibility index (Phi) is 5.63. The first kappa shape index (κ1) is 17.3. The first-order valence-electron chi connectivity index (χ1n) is 6.01. The lowest BCUT2D eigenvalue weighted by molar-refractivity contribution is -0.137. The van der Waals surface area contributed by atoms with Gasteiger partial charge < -0.3 is 10.5 Å². The number of ether oxygens (including phenoxy) is 1. The molecule has 0 aliphatic carbocycles. The molecule has 114 valence electrons. The first-order valence-corrected chi connectivity index (χ1v) is 6.01. The van der Waals surface area contributed by atoms with Crippen LogP contribution in [0.3, 0.4) is 0 Å². The molecule has 0 fully saturated rings. The van der Waals surface area contributed by atoms with Gasteiger partial charge in [-0.05, 0) is 29.3 Å². The van der Waals surface area contributed by atoms with Crippen LogP contribution < -0.4 is 10.5 Å². The van der Waals surface area contributed by atoms with Crippen molar-refractivity contribution in [2.45, 2.75) is 12.7 Å². The van der Waals surface area contributed by atoms with Crippen LogP contribution in [-0.4, -0.2) is 7.11 Å². The lowest BCUT2D eigenvalue weighted by atomic mass is 9.96. The van der Waals surface area contributed by atoms with Crippen molar-refractivity contribution in [3.05, 3.63) is 53.6 Å². The summed E-state index contributed by atoms with van der Waals surface area (Å²) < 4.78 is 43.4. The Morgan fingerprint density at radius 3 is 2.29 bits per heavy atom. The molecule has 0 atom stereocenters. The largest absolute Gasteiger partial charge is 0.496 e. The zero-order valence-corrected chi connectivity index (χ0v) is 12.1. The molecule has 0 aliphatic rings.